The number of hydrogen-bond donors (Lipinski definition) is 3. The summed E-state index contributed by atoms with van der Waals surface area (Å²) in [5, 5.41) is 16.0. The molecule has 1 aromatic rings. The number of halogens is 1. The van der Waals surface area contributed by atoms with Gasteiger partial charge in [0.2, 0.25) is 0 Å². The summed E-state index contributed by atoms with van der Waals surface area (Å²) in [6.07, 6.45) is 3.10. The topological polar surface area (TPSA) is 69.1 Å². The van der Waals surface area contributed by atoms with Crippen LogP contribution in [0.2, 0.25) is 0 Å². The second-order valence-corrected chi connectivity index (χ2v) is 7.45. The molecule has 1 heterocycles. The van der Waals surface area contributed by atoms with Crippen LogP contribution >= 0.6 is 24.0 Å². The van der Waals surface area contributed by atoms with Crippen molar-refractivity contribution in [2.75, 3.05) is 46.0 Å². The van der Waals surface area contributed by atoms with Gasteiger partial charge in [-0.3, -0.25) is 4.90 Å². The van der Waals surface area contributed by atoms with Gasteiger partial charge in [-0.15, -0.1) is 24.0 Å². The van der Waals surface area contributed by atoms with Crippen LogP contribution in [-0.2, 0) is 17.8 Å². The minimum atomic E-state index is 0. The number of hydrogen-bond acceptors (Lipinski definition) is 4. The average molecular weight is 518 g/mol. The van der Waals surface area contributed by atoms with E-state index >= 15 is 0 Å². The van der Waals surface area contributed by atoms with Crippen molar-refractivity contribution in [2.45, 2.75) is 46.2 Å². The Morgan fingerprint density at radius 1 is 1.10 bits per heavy atom. The van der Waals surface area contributed by atoms with Crippen LogP contribution in [0.4, 0.5) is 0 Å². The maximum Gasteiger partial charge on any atom is 0.191 e. The van der Waals surface area contributed by atoms with Crippen molar-refractivity contribution in [3.8, 4) is 0 Å². The van der Waals surface area contributed by atoms with Crippen LogP contribution < -0.4 is 10.6 Å². The number of nitrogens with zero attached hydrogens (tertiary/aromatic N) is 2. The number of aliphatic hydroxyl groups is 1. The molecular formula is C22H39IN4O2. The number of rotatable bonds is 11. The molecule has 1 atom stereocenters. The fraction of sp³-hybridized carbons (Fsp3) is 0.682. The molecule has 1 aliphatic heterocycles. The van der Waals surface area contributed by atoms with Crippen molar-refractivity contribution < 1.29 is 9.84 Å². The van der Waals surface area contributed by atoms with Gasteiger partial charge in [-0.25, -0.2) is 4.99 Å². The molecule has 1 unspecified atom stereocenters. The van der Waals surface area contributed by atoms with Gasteiger partial charge < -0.3 is 20.5 Å². The first-order valence-electron chi connectivity index (χ1n) is 10.8. The zero-order valence-corrected chi connectivity index (χ0v) is 20.4. The zero-order valence-electron chi connectivity index (χ0n) is 18.0. The molecule has 0 aromatic heterocycles. The largest absolute Gasteiger partial charge is 0.396 e. The summed E-state index contributed by atoms with van der Waals surface area (Å²) in [5.41, 5.74) is 2.55. The first-order valence-corrected chi connectivity index (χ1v) is 10.8. The Morgan fingerprint density at radius 2 is 1.79 bits per heavy atom. The first-order chi connectivity index (χ1) is 13.7. The lowest BCUT2D eigenvalue weighted by Crippen LogP contribution is -2.40. The first kappa shape index (κ1) is 26.1. The maximum absolute atomic E-state index is 9.23. The van der Waals surface area contributed by atoms with Gasteiger partial charge in [0.1, 0.15) is 0 Å². The van der Waals surface area contributed by atoms with E-state index in [9.17, 15) is 5.11 Å². The van der Waals surface area contributed by atoms with E-state index in [1.165, 1.54) is 11.1 Å². The molecule has 0 spiro atoms. The van der Waals surface area contributed by atoms with Crippen LogP contribution in [0.15, 0.2) is 29.3 Å². The molecule has 0 amide bonds. The van der Waals surface area contributed by atoms with Gasteiger partial charge in [-0.2, -0.15) is 0 Å². The molecule has 1 fully saturated rings. The molecule has 2 rings (SSSR count). The molecular weight excluding hydrogens is 479 g/mol. The van der Waals surface area contributed by atoms with Gasteiger partial charge in [0.25, 0.3) is 0 Å². The second kappa shape index (κ2) is 15.9. The Bertz CT molecular complexity index is 556. The minimum absolute atomic E-state index is 0. The summed E-state index contributed by atoms with van der Waals surface area (Å²) in [6.45, 7) is 11.5. The Balaban J connectivity index is 0.00000420. The van der Waals surface area contributed by atoms with Crippen molar-refractivity contribution >= 4 is 29.9 Å². The molecule has 1 aliphatic rings. The monoisotopic (exact) mass is 518 g/mol. The summed E-state index contributed by atoms with van der Waals surface area (Å²) < 4.78 is 5.41. The standard InChI is InChI=1S/C22H38N4O2.HI/c1-3-5-19(10-13-27)16-24-22(23-4-2)25-17-20-6-8-21(9-7-20)18-26-11-14-28-15-12-26;/h6-9,19,27H,3-5,10-18H2,1-2H3,(H2,23,24,25);1H. The summed E-state index contributed by atoms with van der Waals surface area (Å²) in [6, 6.07) is 8.77. The lowest BCUT2D eigenvalue weighted by Gasteiger charge is -2.26. The van der Waals surface area contributed by atoms with Crippen LogP contribution in [0.5, 0.6) is 0 Å². The van der Waals surface area contributed by atoms with Crippen molar-refractivity contribution in [2.24, 2.45) is 10.9 Å². The smallest absolute Gasteiger partial charge is 0.191 e. The van der Waals surface area contributed by atoms with E-state index in [1.54, 1.807) is 0 Å². The average Bonchev–Trinajstić information content (AvgIpc) is 2.72. The van der Waals surface area contributed by atoms with Crippen molar-refractivity contribution in [1.82, 2.24) is 15.5 Å². The molecule has 0 aliphatic carbocycles. The van der Waals surface area contributed by atoms with E-state index in [-0.39, 0.29) is 30.6 Å². The van der Waals surface area contributed by atoms with E-state index in [0.717, 1.165) is 71.2 Å². The molecule has 0 bridgehead atoms. The van der Waals surface area contributed by atoms with E-state index in [2.05, 4.69) is 53.6 Å². The molecule has 1 aromatic carbocycles. The molecule has 29 heavy (non-hydrogen) atoms. The second-order valence-electron chi connectivity index (χ2n) is 7.45. The van der Waals surface area contributed by atoms with Crippen LogP contribution in [0.1, 0.15) is 44.2 Å². The zero-order chi connectivity index (χ0) is 20.0. The predicted molar refractivity (Wildman–Crippen MR) is 131 cm³/mol. The number of aliphatic imine (C=N–C) groups is 1. The molecule has 0 saturated carbocycles. The molecule has 6 nitrogen and oxygen atoms in total. The summed E-state index contributed by atoms with van der Waals surface area (Å²) >= 11 is 0. The van der Waals surface area contributed by atoms with Gasteiger partial charge in [0, 0.05) is 39.3 Å². The number of nitrogens with one attached hydrogen (secondary N) is 2. The Hall–Kier alpha value is -0.900. The molecule has 0 radical (unpaired) electrons. The number of aliphatic hydroxyl groups excluding tert-OH is 1. The summed E-state index contributed by atoms with van der Waals surface area (Å²) in [5.74, 6) is 1.33. The van der Waals surface area contributed by atoms with Crippen LogP contribution in [-0.4, -0.2) is 62.0 Å². The fourth-order valence-electron chi connectivity index (χ4n) is 3.46. The highest BCUT2D eigenvalue weighted by molar-refractivity contribution is 14.0. The van der Waals surface area contributed by atoms with E-state index in [0.29, 0.717) is 12.5 Å². The van der Waals surface area contributed by atoms with E-state index in [1.807, 2.05) is 0 Å². The highest BCUT2D eigenvalue weighted by Gasteiger charge is 2.11. The van der Waals surface area contributed by atoms with Gasteiger partial charge in [0.05, 0.1) is 19.8 Å². The van der Waals surface area contributed by atoms with Gasteiger partial charge >= 0.3 is 0 Å². The minimum Gasteiger partial charge on any atom is -0.396 e. The third-order valence-electron chi connectivity index (χ3n) is 5.09. The van der Waals surface area contributed by atoms with Gasteiger partial charge in [-0.1, -0.05) is 37.6 Å². The van der Waals surface area contributed by atoms with Crippen molar-refractivity contribution in [3.63, 3.8) is 0 Å². The highest BCUT2D eigenvalue weighted by atomic mass is 127. The molecule has 3 N–H and O–H groups in total. The Morgan fingerprint density at radius 3 is 2.41 bits per heavy atom. The highest BCUT2D eigenvalue weighted by Crippen LogP contribution is 2.11. The maximum atomic E-state index is 9.23. The van der Waals surface area contributed by atoms with Crippen molar-refractivity contribution in [3.05, 3.63) is 35.4 Å². The summed E-state index contributed by atoms with van der Waals surface area (Å²) in [7, 11) is 0. The molecule has 7 heteroatoms. The van der Waals surface area contributed by atoms with Gasteiger partial charge in [-0.05, 0) is 36.8 Å². The number of morpholine rings is 1. The van der Waals surface area contributed by atoms with Crippen LogP contribution in [0.25, 0.3) is 0 Å². The van der Waals surface area contributed by atoms with Crippen LogP contribution in [0, 0.1) is 5.92 Å². The Kier molecular flexibility index (Phi) is 14.3. The lowest BCUT2D eigenvalue weighted by atomic mass is 10.0. The number of ether oxygens (including phenoxy) is 1. The molecule has 1 saturated heterocycles. The Labute approximate surface area is 193 Å². The summed E-state index contributed by atoms with van der Waals surface area (Å²) in [4.78, 5) is 7.16. The molecule has 166 valence electrons. The fourth-order valence-corrected chi connectivity index (χ4v) is 3.46. The third-order valence-corrected chi connectivity index (χ3v) is 5.09. The normalized spacial score (nSPS) is 16.2. The SMILES string of the molecule is CCCC(CCO)CNC(=NCc1ccc(CN2CCOCC2)cc1)NCC.I. The quantitative estimate of drug-likeness (QED) is 0.239. The number of guanidine groups is 1. The van der Waals surface area contributed by atoms with Crippen molar-refractivity contribution in [1.29, 1.82) is 0 Å². The predicted octanol–water partition coefficient (Wildman–Crippen LogP) is 2.99. The number of benzene rings is 1. The van der Waals surface area contributed by atoms with Crippen LogP contribution in [0.3, 0.4) is 0 Å². The van der Waals surface area contributed by atoms with E-state index in [4.69, 9.17) is 9.73 Å². The van der Waals surface area contributed by atoms with Gasteiger partial charge in [0.15, 0.2) is 5.96 Å². The van der Waals surface area contributed by atoms with E-state index < -0.39 is 0 Å². The lowest BCUT2D eigenvalue weighted by molar-refractivity contribution is 0.0342. The third kappa shape index (κ3) is 10.6.